The predicted molar refractivity (Wildman–Crippen MR) is 110 cm³/mol. The highest BCUT2D eigenvalue weighted by Gasteiger charge is 2.25. The monoisotopic (exact) mass is 478 g/mol. The van der Waals surface area contributed by atoms with Crippen LogP contribution in [0.4, 0.5) is 4.79 Å². The topological polar surface area (TPSA) is 105 Å². The quantitative estimate of drug-likeness (QED) is 0.218. The van der Waals surface area contributed by atoms with Crippen molar-refractivity contribution in [2.24, 2.45) is 0 Å². The lowest BCUT2D eigenvalue weighted by atomic mass is 10.1. The van der Waals surface area contributed by atoms with E-state index in [4.69, 9.17) is 23.0 Å². The molecule has 0 aliphatic heterocycles. The van der Waals surface area contributed by atoms with Gasteiger partial charge in [-0.25, -0.2) is 9.59 Å². The lowest BCUT2D eigenvalue weighted by Gasteiger charge is -2.13. The molecule has 0 spiro atoms. The van der Waals surface area contributed by atoms with Crippen LogP contribution >= 0.6 is 15.9 Å². The molecule has 3 aromatic rings. The lowest BCUT2D eigenvalue weighted by molar-refractivity contribution is -0.147. The van der Waals surface area contributed by atoms with Gasteiger partial charge in [-0.1, -0.05) is 15.9 Å². The zero-order chi connectivity index (χ0) is 21.9. The Bertz CT molecular complexity index is 1140. The number of hydrogen-bond donors (Lipinski definition) is 0. The number of carbonyl (C=O) groups is 2. The van der Waals surface area contributed by atoms with E-state index in [0.29, 0.717) is 17.1 Å². The van der Waals surface area contributed by atoms with Crippen molar-refractivity contribution in [1.82, 2.24) is 0 Å². The van der Waals surface area contributed by atoms with E-state index in [1.807, 2.05) is 0 Å². The molecule has 0 unspecified atom stereocenters. The van der Waals surface area contributed by atoms with E-state index in [0.717, 1.165) is 10.9 Å². The number of alkyl halides is 1. The van der Waals surface area contributed by atoms with E-state index in [2.05, 4.69) is 15.9 Å². The summed E-state index contributed by atoms with van der Waals surface area (Å²) in [6.45, 7) is 4.92. The van der Waals surface area contributed by atoms with E-state index in [-0.39, 0.29) is 19.0 Å². The zero-order valence-electron chi connectivity index (χ0n) is 16.5. The highest BCUT2D eigenvalue weighted by Crippen LogP contribution is 2.23. The van der Waals surface area contributed by atoms with Gasteiger partial charge < -0.3 is 23.0 Å². The first-order valence-electron chi connectivity index (χ1n) is 8.94. The third kappa shape index (κ3) is 5.50. The molecule has 158 valence electrons. The second-order valence-corrected chi connectivity index (χ2v) is 8.95. The summed E-state index contributed by atoms with van der Waals surface area (Å²) >= 11 is 3.21. The van der Waals surface area contributed by atoms with Gasteiger partial charge in [0.1, 0.15) is 33.8 Å². The van der Waals surface area contributed by atoms with Crippen LogP contribution in [0, 0.1) is 6.92 Å². The Kier molecular flexibility index (Phi) is 6.31. The molecule has 2 aromatic heterocycles. The van der Waals surface area contributed by atoms with Crippen LogP contribution in [0.1, 0.15) is 30.9 Å². The molecule has 3 rings (SSSR count). The van der Waals surface area contributed by atoms with Crippen LogP contribution in [0.3, 0.4) is 0 Å². The van der Waals surface area contributed by atoms with Crippen molar-refractivity contribution in [2.75, 3.05) is 0 Å². The van der Waals surface area contributed by atoms with Gasteiger partial charge in [0.15, 0.2) is 6.61 Å². The van der Waals surface area contributed by atoms with Crippen LogP contribution in [0.25, 0.3) is 11.0 Å². The van der Waals surface area contributed by atoms with Crippen LogP contribution in [-0.2, 0) is 27.5 Å². The van der Waals surface area contributed by atoms with Gasteiger partial charge in [-0.3, -0.25) is 4.79 Å². The summed E-state index contributed by atoms with van der Waals surface area (Å²) in [6.07, 6.45) is -0.949. The number of esters is 1. The van der Waals surface area contributed by atoms with E-state index in [1.165, 1.54) is 12.1 Å². The van der Waals surface area contributed by atoms with Crippen LogP contribution < -0.4 is 10.4 Å². The second-order valence-electron chi connectivity index (χ2n) is 6.96. The molecule has 2 heterocycles. The summed E-state index contributed by atoms with van der Waals surface area (Å²) < 4.78 is 25.0. The van der Waals surface area contributed by atoms with Crippen molar-refractivity contribution in [3.63, 3.8) is 0 Å². The molecule has 0 aliphatic rings. The van der Waals surface area contributed by atoms with Crippen molar-refractivity contribution in [1.29, 1.82) is 0 Å². The van der Waals surface area contributed by atoms with E-state index >= 15 is 0 Å². The molecular formula is C21H19BrO8. The van der Waals surface area contributed by atoms with Gasteiger partial charge in [0.2, 0.25) is 0 Å². The summed E-state index contributed by atoms with van der Waals surface area (Å²) in [7, 11) is 0. The van der Waals surface area contributed by atoms with Gasteiger partial charge in [-0.2, -0.15) is 0 Å². The normalized spacial score (nSPS) is 11.3. The molecule has 0 saturated heterocycles. The number of carbonyl (C=O) groups excluding carboxylic acids is 2. The fourth-order valence-corrected chi connectivity index (χ4v) is 2.62. The van der Waals surface area contributed by atoms with Crippen LogP contribution in [0.2, 0.25) is 0 Å². The van der Waals surface area contributed by atoms with E-state index < -0.39 is 22.1 Å². The van der Waals surface area contributed by atoms with Gasteiger partial charge in [-0.05, 0) is 50.6 Å². The number of ether oxygens (including phenoxy) is 3. The van der Waals surface area contributed by atoms with Crippen molar-refractivity contribution < 1.29 is 32.6 Å². The largest absolute Gasteiger partial charge is 0.514 e. The minimum absolute atomic E-state index is 0.0416. The number of rotatable bonds is 6. The van der Waals surface area contributed by atoms with E-state index in [1.54, 1.807) is 45.0 Å². The number of benzene rings is 1. The number of halogens is 1. The van der Waals surface area contributed by atoms with Gasteiger partial charge in [0.05, 0.1) is 0 Å². The molecule has 0 atom stereocenters. The molecule has 0 aliphatic carbocycles. The van der Waals surface area contributed by atoms with Crippen molar-refractivity contribution >= 4 is 39.0 Å². The van der Waals surface area contributed by atoms with Gasteiger partial charge >= 0.3 is 17.8 Å². The fourth-order valence-electron chi connectivity index (χ4n) is 2.51. The van der Waals surface area contributed by atoms with Gasteiger partial charge in [0.25, 0.3) is 0 Å². The standard InChI is InChI=1S/C21H19BrO8/c1-12-8-18(23)30-17-9-13(6-7-16(12)17)29-20(25)27-11-15-5-4-14(28-15)10-26-19(24)21(2,3)22/h4-9H,10-11H2,1-3H3. The highest BCUT2D eigenvalue weighted by atomic mass is 79.9. The molecule has 0 amide bonds. The van der Waals surface area contributed by atoms with Crippen LogP contribution in [0.15, 0.2) is 50.0 Å². The number of aryl methyl sites for hydroxylation is 1. The molecule has 8 nitrogen and oxygen atoms in total. The Labute approximate surface area is 179 Å². The summed E-state index contributed by atoms with van der Waals surface area (Å²) in [5, 5.41) is 0.738. The first kappa shape index (κ1) is 21.6. The summed E-state index contributed by atoms with van der Waals surface area (Å²) in [4.78, 5) is 35.2. The van der Waals surface area contributed by atoms with Crippen molar-refractivity contribution in [3.05, 3.63) is 63.9 Å². The first-order chi connectivity index (χ1) is 14.1. The molecule has 0 bridgehead atoms. The zero-order valence-corrected chi connectivity index (χ0v) is 18.1. The third-order valence-corrected chi connectivity index (χ3v) is 4.33. The maximum Gasteiger partial charge on any atom is 0.514 e. The maximum atomic E-state index is 11.9. The number of hydrogen-bond acceptors (Lipinski definition) is 8. The first-order valence-corrected chi connectivity index (χ1v) is 9.74. The van der Waals surface area contributed by atoms with Crippen LogP contribution in [-0.4, -0.2) is 16.4 Å². The molecule has 0 radical (unpaired) electrons. The minimum atomic E-state index is -0.949. The molecule has 0 N–H and O–H groups in total. The molecule has 30 heavy (non-hydrogen) atoms. The predicted octanol–water partition coefficient (Wildman–Crippen LogP) is 4.63. The summed E-state index contributed by atoms with van der Waals surface area (Å²) in [5.74, 6) is 0.510. The number of fused-ring (bicyclic) bond motifs is 1. The molecular weight excluding hydrogens is 460 g/mol. The molecule has 9 heteroatoms. The SMILES string of the molecule is Cc1cc(=O)oc2cc(OC(=O)OCc3ccc(COC(=O)C(C)(C)Br)o3)ccc12. The Morgan fingerprint density at radius 3 is 2.33 bits per heavy atom. The molecule has 0 fully saturated rings. The molecule has 1 aromatic carbocycles. The lowest BCUT2D eigenvalue weighted by Crippen LogP contribution is -2.26. The smallest absolute Gasteiger partial charge is 0.459 e. The van der Waals surface area contributed by atoms with Crippen molar-refractivity contribution in [2.45, 2.75) is 38.3 Å². The Hall–Kier alpha value is -3.07. The Balaban J connectivity index is 1.54. The van der Waals surface area contributed by atoms with Gasteiger partial charge in [0, 0.05) is 17.5 Å². The summed E-state index contributed by atoms with van der Waals surface area (Å²) in [5.41, 5.74) is 0.579. The Morgan fingerprint density at radius 2 is 1.67 bits per heavy atom. The highest BCUT2D eigenvalue weighted by molar-refractivity contribution is 9.10. The average molecular weight is 479 g/mol. The molecule has 0 saturated carbocycles. The van der Waals surface area contributed by atoms with Crippen molar-refractivity contribution in [3.8, 4) is 5.75 Å². The Morgan fingerprint density at radius 1 is 1.00 bits per heavy atom. The average Bonchev–Trinajstić information content (AvgIpc) is 3.11. The number of furan rings is 1. The van der Waals surface area contributed by atoms with Crippen LogP contribution in [0.5, 0.6) is 5.75 Å². The van der Waals surface area contributed by atoms with Gasteiger partial charge in [-0.15, -0.1) is 0 Å². The fraction of sp³-hybridized carbons (Fsp3) is 0.286. The second kappa shape index (κ2) is 8.74. The maximum absolute atomic E-state index is 11.9. The van der Waals surface area contributed by atoms with E-state index in [9.17, 15) is 14.4 Å². The summed E-state index contributed by atoms with van der Waals surface area (Å²) in [6, 6.07) is 9.30. The third-order valence-electron chi connectivity index (χ3n) is 4.00. The minimum Gasteiger partial charge on any atom is -0.459 e.